The van der Waals surface area contributed by atoms with Gasteiger partial charge in [0, 0.05) is 13.0 Å². The van der Waals surface area contributed by atoms with Crippen molar-refractivity contribution in [1.82, 2.24) is 15.0 Å². The van der Waals surface area contributed by atoms with Crippen molar-refractivity contribution in [2.75, 3.05) is 13.2 Å². The Bertz CT molecular complexity index is 447. The number of hydrogen-bond acceptors (Lipinski definition) is 4. The van der Waals surface area contributed by atoms with Crippen molar-refractivity contribution in [3.05, 3.63) is 11.4 Å². The second-order valence-corrected chi connectivity index (χ2v) is 11.6. The summed E-state index contributed by atoms with van der Waals surface area (Å²) < 4.78 is 13.4. The molecular formula is C13H25N3O2Si. The van der Waals surface area contributed by atoms with E-state index in [1.54, 1.807) is 0 Å². The predicted octanol–water partition coefficient (Wildman–Crippen LogP) is 2.45. The van der Waals surface area contributed by atoms with Crippen LogP contribution >= 0.6 is 0 Å². The summed E-state index contributed by atoms with van der Waals surface area (Å²) in [5.74, 6) is 0.429. The first-order valence-corrected chi connectivity index (χ1v) is 9.73. The monoisotopic (exact) mass is 283 g/mol. The second-order valence-electron chi connectivity index (χ2n) is 6.83. The van der Waals surface area contributed by atoms with Crippen molar-refractivity contribution >= 4 is 8.32 Å². The Morgan fingerprint density at radius 2 is 2.00 bits per heavy atom. The van der Waals surface area contributed by atoms with Crippen LogP contribution in [0, 0.1) is 0 Å². The Balaban J connectivity index is 2.08. The van der Waals surface area contributed by atoms with Crippen LogP contribution in [0.4, 0.5) is 0 Å². The lowest BCUT2D eigenvalue weighted by Crippen LogP contribution is -2.40. The number of hydrogen-bond donors (Lipinski definition) is 0. The summed E-state index contributed by atoms with van der Waals surface area (Å²) >= 11 is 0. The van der Waals surface area contributed by atoms with E-state index in [2.05, 4.69) is 44.2 Å². The molecule has 0 aliphatic carbocycles. The molecule has 108 valence electrons. The van der Waals surface area contributed by atoms with E-state index >= 15 is 0 Å². The Kier molecular flexibility index (Phi) is 3.86. The van der Waals surface area contributed by atoms with Crippen molar-refractivity contribution < 1.29 is 9.16 Å². The SMILES string of the molecule is Cn1nnc(CO[Si](C)(C)C(C)(C)C)c1C1COC1. The Morgan fingerprint density at radius 1 is 1.37 bits per heavy atom. The van der Waals surface area contributed by atoms with E-state index in [0.717, 1.165) is 18.9 Å². The molecule has 1 saturated heterocycles. The number of nitrogens with zero attached hydrogens (tertiary/aromatic N) is 3. The first-order chi connectivity index (χ1) is 8.72. The van der Waals surface area contributed by atoms with E-state index < -0.39 is 8.32 Å². The van der Waals surface area contributed by atoms with E-state index in [0.29, 0.717) is 12.5 Å². The van der Waals surface area contributed by atoms with E-state index in [-0.39, 0.29) is 5.04 Å². The van der Waals surface area contributed by atoms with Gasteiger partial charge in [0.1, 0.15) is 5.69 Å². The van der Waals surface area contributed by atoms with Crippen LogP contribution in [0.1, 0.15) is 38.1 Å². The molecule has 0 atom stereocenters. The molecule has 6 heteroatoms. The fourth-order valence-electron chi connectivity index (χ4n) is 1.87. The van der Waals surface area contributed by atoms with Gasteiger partial charge in [0.15, 0.2) is 8.32 Å². The Labute approximate surface area is 116 Å². The van der Waals surface area contributed by atoms with Crippen molar-refractivity contribution in [2.24, 2.45) is 7.05 Å². The third kappa shape index (κ3) is 2.90. The van der Waals surface area contributed by atoms with Gasteiger partial charge < -0.3 is 9.16 Å². The highest BCUT2D eigenvalue weighted by atomic mass is 28.4. The van der Waals surface area contributed by atoms with E-state index in [9.17, 15) is 0 Å². The molecule has 1 aromatic heterocycles. The molecule has 0 N–H and O–H groups in total. The topological polar surface area (TPSA) is 49.2 Å². The zero-order chi connectivity index (χ0) is 14.3. The molecule has 2 rings (SSSR count). The molecule has 5 nitrogen and oxygen atoms in total. The lowest BCUT2D eigenvalue weighted by Gasteiger charge is -2.36. The quantitative estimate of drug-likeness (QED) is 0.796. The van der Waals surface area contributed by atoms with Gasteiger partial charge in [0.2, 0.25) is 0 Å². The highest BCUT2D eigenvalue weighted by Gasteiger charge is 2.38. The largest absolute Gasteiger partial charge is 0.411 e. The van der Waals surface area contributed by atoms with Gasteiger partial charge in [-0.1, -0.05) is 26.0 Å². The zero-order valence-electron chi connectivity index (χ0n) is 12.9. The third-order valence-corrected chi connectivity index (χ3v) is 8.82. The van der Waals surface area contributed by atoms with Crippen molar-refractivity contribution in [2.45, 2.75) is 51.4 Å². The molecule has 0 unspecified atom stereocenters. The van der Waals surface area contributed by atoms with Crippen LogP contribution in [0.3, 0.4) is 0 Å². The van der Waals surface area contributed by atoms with Gasteiger partial charge in [-0.2, -0.15) is 0 Å². The standard InChI is InChI=1S/C13H25N3O2Si/c1-13(2,3)19(5,6)18-9-11-12(10-7-17-8-10)16(4)15-14-11/h10H,7-9H2,1-6H3. The lowest BCUT2D eigenvalue weighted by atomic mass is 10.0. The summed E-state index contributed by atoms with van der Waals surface area (Å²) in [7, 11) is 0.204. The maximum Gasteiger partial charge on any atom is 0.192 e. The number of rotatable bonds is 4. The highest BCUT2D eigenvalue weighted by molar-refractivity contribution is 6.74. The smallest absolute Gasteiger partial charge is 0.192 e. The van der Waals surface area contributed by atoms with Crippen LogP contribution in [0.25, 0.3) is 0 Å². The summed E-state index contributed by atoms with van der Waals surface area (Å²) in [4.78, 5) is 0. The molecule has 0 bridgehead atoms. The van der Waals surface area contributed by atoms with E-state index in [1.807, 2.05) is 11.7 Å². The summed E-state index contributed by atoms with van der Waals surface area (Å²) in [6.45, 7) is 13.4. The minimum atomic E-state index is -1.74. The minimum Gasteiger partial charge on any atom is -0.411 e. The van der Waals surface area contributed by atoms with Crippen LogP contribution < -0.4 is 0 Å². The molecule has 0 spiro atoms. The number of aromatic nitrogens is 3. The molecule has 1 aromatic rings. The summed E-state index contributed by atoms with van der Waals surface area (Å²) in [6, 6.07) is 0. The van der Waals surface area contributed by atoms with Crippen LogP contribution in [0.15, 0.2) is 0 Å². The number of aryl methyl sites for hydroxylation is 1. The molecule has 2 heterocycles. The molecular weight excluding hydrogens is 258 g/mol. The summed E-state index contributed by atoms with van der Waals surface area (Å²) in [6.07, 6.45) is 0. The first kappa shape index (κ1) is 14.7. The van der Waals surface area contributed by atoms with Crippen molar-refractivity contribution in [3.63, 3.8) is 0 Å². The zero-order valence-corrected chi connectivity index (χ0v) is 13.9. The van der Waals surface area contributed by atoms with Gasteiger partial charge in [-0.3, -0.25) is 4.68 Å². The molecule has 0 amide bonds. The van der Waals surface area contributed by atoms with Gasteiger partial charge in [-0.05, 0) is 18.1 Å². The van der Waals surface area contributed by atoms with Crippen molar-refractivity contribution in [1.29, 1.82) is 0 Å². The average Bonchev–Trinajstić information content (AvgIpc) is 2.54. The molecule has 1 aliphatic rings. The van der Waals surface area contributed by atoms with Crippen LogP contribution in [-0.2, 0) is 22.8 Å². The van der Waals surface area contributed by atoms with E-state index in [1.165, 1.54) is 5.69 Å². The molecule has 1 aliphatic heterocycles. The maximum atomic E-state index is 6.23. The highest BCUT2D eigenvalue weighted by Crippen LogP contribution is 2.37. The predicted molar refractivity (Wildman–Crippen MR) is 76.5 cm³/mol. The Morgan fingerprint density at radius 3 is 2.47 bits per heavy atom. The first-order valence-electron chi connectivity index (χ1n) is 6.82. The summed E-state index contributed by atoms with van der Waals surface area (Å²) in [5.41, 5.74) is 2.14. The molecule has 0 saturated carbocycles. The van der Waals surface area contributed by atoms with Gasteiger partial charge in [0.05, 0.1) is 25.5 Å². The molecule has 0 aromatic carbocycles. The van der Waals surface area contributed by atoms with Crippen LogP contribution in [-0.4, -0.2) is 36.5 Å². The fraction of sp³-hybridized carbons (Fsp3) is 0.846. The minimum absolute atomic E-state index is 0.217. The lowest BCUT2D eigenvalue weighted by molar-refractivity contribution is 0.00449. The molecule has 1 fully saturated rings. The Hall–Kier alpha value is -0.723. The third-order valence-electron chi connectivity index (χ3n) is 4.34. The van der Waals surface area contributed by atoms with Crippen molar-refractivity contribution in [3.8, 4) is 0 Å². The molecule has 19 heavy (non-hydrogen) atoms. The normalized spacial score (nSPS) is 17.6. The maximum absolute atomic E-state index is 6.23. The molecule has 0 radical (unpaired) electrons. The second kappa shape index (κ2) is 4.99. The van der Waals surface area contributed by atoms with Gasteiger partial charge >= 0.3 is 0 Å². The van der Waals surface area contributed by atoms with Gasteiger partial charge in [-0.25, -0.2) is 0 Å². The van der Waals surface area contributed by atoms with Crippen LogP contribution in [0.5, 0.6) is 0 Å². The van der Waals surface area contributed by atoms with E-state index in [4.69, 9.17) is 9.16 Å². The summed E-state index contributed by atoms with van der Waals surface area (Å²) in [5, 5.41) is 8.60. The fourth-order valence-corrected chi connectivity index (χ4v) is 2.80. The van der Waals surface area contributed by atoms with Gasteiger partial charge in [-0.15, -0.1) is 5.10 Å². The van der Waals surface area contributed by atoms with Crippen LogP contribution in [0.2, 0.25) is 18.1 Å². The van der Waals surface area contributed by atoms with Gasteiger partial charge in [0.25, 0.3) is 0 Å². The average molecular weight is 283 g/mol. The number of ether oxygens (including phenoxy) is 1.